The SMILES string of the molecule is CC1=C(C#N)C(=O)N(CC(=O)O)C(=O)/C1=C\C1=C(Cl)C(=C/c2ccc(N(C)C)cc2)/CC(C)(C)C1. The van der Waals surface area contributed by atoms with Crippen LogP contribution in [-0.2, 0) is 14.4 Å². The van der Waals surface area contributed by atoms with Crippen molar-refractivity contribution < 1.29 is 19.5 Å². The lowest BCUT2D eigenvalue weighted by molar-refractivity contribution is -0.149. The number of nitrogens with zero attached hydrogens (tertiary/aromatic N) is 3. The number of aliphatic carboxylic acids is 1. The number of carbonyl (C=O) groups excluding carboxylic acids is 2. The molecule has 0 radical (unpaired) electrons. The molecule has 35 heavy (non-hydrogen) atoms. The van der Waals surface area contributed by atoms with Crippen LogP contribution in [0.4, 0.5) is 5.69 Å². The number of allylic oxidation sites excluding steroid dienone is 4. The van der Waals surface area contributed by atoms with Crippen molar-refractivity contribution in [3.05, 3.63) is 68.8 Å². The van der Waals surface area contributed by atoms with Gasteiger partial charge in [0, 0.05) is 30.4 Å². The highest BCUT2D eigenvalue weighted by molar-refractivity contribution is 6.33. The minimum Gasteiger partial charge on any atom is -0.480 e. The van der Waals surface area contributed by atoms with E-state index in [9.17, 15) is 19.6 Å². The number of hydrogen-bond donors (Lipinski definition) is 1. The Kier molecular flexibility index (Phi) is 7.37. The Hall–Kier alpha value is -3.63. The highest BCUT2D eigenvalue weighted by Crippen LogP contribution is 2.45. The van der Waals surface area contributed by atoms with Gasteiger partial charge in [0.2, 0.25) is 0 Å². The largest absolute Gasteiger partial charge is 0.480 e. The maximum Gasteiger partial charge on any atom is 0.323 e. The first-order valence-corrected chi connectivity index (χ1v) is 11.5. The highest BCUT2D eigenvalue weighted by Gasteiger charge is 2.37. The number of anilines is 1. The molecule has 182 valence electrons. The van der Waals surface area contributed by atoms with Gasteiger partial charge in [-0.3, -0.25) is 19.3 Å². The Morgan fingerprint density at radius 1 is 1.17 bits per heavy atom. The monoisotopic (exact) mass is 493 g/mol. The van der Waals surface area contributed by atoms with Crippen LogP contribution in [0.1, 0.15) is 39.2 Å². The molecule has 0 atom stereocenters. The molecule has 8 heteroatoms. The fourth-order valence-electron chi connectivity index (χ4n) is 4.34. The van der Waals surface area contributed by atoms with Crippen molar-refractivity contribution in [2.75, 3.05) is 25.5 Å². The van der Waals surface area contributed by atoms with Gasteiger partial charge in [0.1, 0.15) is 18.2 Å². The van der Waals surface area contributed by atoms with Gasteiger partial charge in [-0.05, 0) is 65.7 Å². The number of hydrogen-bond acceptors (Lipinski definition) is 5. The third-order valence-corrected chi connectivity index (χ3v) is 6.58. The lowest BCUT2D eigenvalue weighted by Gasteiger charge is -2.33. The molecule has 0 aromatic heterocycles. The summed E-state index contributed by atoms with van der Waals surface area (Å²) < 4.78 is 0. The van der Waals surface area contributed by atoms with Gasteiger partial charge in [-0.25, -0.2) is 0 Å². The smallest absolute Gasteiger partial charge is 0.323 e. The molecule has 1 N–H and O–H groups in total. The van der Waals surface area contributed by atoms with E-state index >= 15 is 0 Å². The van der Waals surface area contributed by atoms with E-state index in [0.29, 0.717) is 21.9 Å². The van der Waals surface area contributed by atoms with Gasteiger partial charge in [0.05, 0.1) is 0 Å². The quantitative estimate of drug-likeness (QED) is 0.472. The number of halogens is 1. The molecule has 1 heterocycles. The van der Waals surface area contributed by atoms with Crippen molar-refractivity contribution >= 4 is 41.1 Å². The molecule has 1 aliphatic heterocycles. The van der Waals surface area contributed by atoms with Crippen molar-refractivity contribution in [2.45, 2.75) is 33.6 Å². The number of carboxylic acids is 1. The van der Waals surface area contributed by atoms with Crippen molar-refractivity contribution in [3.8, 4) is 6.07 Å². The van der Waals surface area contributed by atoms with E-state index in [2.05, 4.69) is 13.8 Å². The first-order chi connectivity index (χ1) is 16.3. The Morgan fingerprint density at radius 2 is 1.80 bits per heavy atom. The number of imide groups is 1. The molecule has 1 aliphatic carbocycles. The van der Waals surface area contributed by atoms with Crippen LogP contribution >= 0.6 is 11.6 Å². The van der Waals surface area contributed by atoms with Crippen molar-refractivity contribution in [1.82, 2.24) is 4.90 Å². The number of carbonyl (C=O) groups is 3. The first kappa shape index (κ1) is 26.0. The second kappa shape index (κ2) is 9.93. The Labute approximate surface area is 210 Å². The van der Waals surface area contributed by atoms with Gasteiger partial charge in [0.25, 0.3) is 11.8 Å². The number of nitriles is 1. The summed E-state index contributed by atoms with van der Waals surface area (Å²) >= 11 is 6.83. The standard InChI is InChI=1S/C27H28ClN3O4/c1-16-21(25(34)31(15-23(32)33)26(35)22(16)14-29)11-19-13-27(2,3)12-18(24(19)28)10-17-6-8-20(9-7-17)30(4)5/h6-11H,12-13,15H2,1-5H3,(H,32,33)/b18-10+,21-11-. The summed E-state index contributed by atoms with van der Waals surface area (Å²) in [6.07, 6.45) is 4.92. The lowest BCUT2D eigenvalue weighted by atomic mass is 9.74. The molecule has 0 bridgehead atoms. The van der Waals surface area contributed by atoms with Gasteiger partial charge in [-0.2, -0.15) is 5.26 Å². The van der Waals surface area contributed by atoms with Gasteiger partial charge in [-0.1, -0.05) is 43.7 Å². The lowest BCUT2D eigenvalue weighted by Crippen LogP contribution is -2.45. The van der Waals surface area contributed by atoms with Crippen molar-refractivity contribution in [3.63, 3.8) is 0 Å². The predicted molar refractivity (Wildman–Crippen MR) is 135 cm³/mol. The summed E-state index contributed by atoms with van der Waals surface area (Å²) in [5.74, 6) is -3.00. The fourth-order valence-corrected chi connectivity index (χ4v) is 4.58. The van der Waals surface area contributed by atoms with Crippen molar-refractivity contribution in [2.24, 2.45) is 5.41 Å². The summed E-state index contributed by atoms with van der Waals surface area (Å²) in [4.78, 5) is 39.5. The van der Waals surface area contributed by atoms with E-state index in [0.717, 1.165) is 23.2 Å². The van der Waals surface area contributed by atoms with Crippen LogP contribution in [0.3, 0.4) is 0 Å². The second-order valence-electron chi connectivity index (χ2n) is 9.77. The Bertz CT molecular complexity index is 1260. The third-order valence-electron chi connectivity index (χ3n) is 6.09. The topological polar surface area (TPSA) is 102 Å². The number of carboxylic acid groups (broad SMARTS) is 1. The summed E-state index contributed by atoms with van der Waals surface area (Å²) in [6, 6.07) is 9.88. The van der Waals surface area contributed by atoms with Crippen LogP contribution in [0.2, 0.25) is 0 Å². The van der Waals surface area contributed by atoms with E-state index in [1.54, 1.807) is 6.08 Å². The molecule has 3 rings (SSSR count). The maximum absolute atomic E-state index is 13.1. The summed E-state index contributed by atoms with van der Waals surface area (Å²) in [5, 5.41) is 19.2. The Balaban J connectivity index is 2.12. The minimum atomic E-state index is -1.34. The molecule has 2 aliphatic rings. The predicted octanol–water partition coefficient (Wildman–Crippen LogP) is 4.67. The molecule has 0 spiro atoms. The van der Waals surface area contributed by atoms with E-state index in [-0.39, 0.29) is 22.1 Å². The highest BCUT2D eigenvalue weighted by atomic mass is 35.5. The molecule has 0 unspecified atom stereocenters. The van der Waals surface area contributed by atoms with Crippen LogP contribution < -0.4 is 4.90 Å². The zero-order valence-electron chi connectivity index (χ0n) is 20.5. The summed E-state index contributed by atoms with van der Waals surface area (Å²) in [6.45, 7) is 4.90. The average molecular weight is 494 g/mol. The van der Waals surface area contributed by atoms with Crippen molar-refractivity contribution in [1.29, 1.82) is 5.26 Å². The molecule has 0 saturated heterocycles. The van der Waals surface area contributed by atoms with Crippen LogP contribution in [-0.4, -0.2) is 48.4 Å². The van der Waals surface area contributed by atoms with Crippen LogP contribution in [0.15, 0.2) is 63.2 Å². The van der Waals surface area contributed by atoms with Gasteiger partial charge < -0.3 is 10.0 Å². The Morgan fingerprint density at radius 3 is 2.34 bits per heavy atom. The molecule has 0 fully saturated rings. The number of benzene rings is 1. The normalized spacial score (nSPS) is 20.5. The summed E-state index contributed by atoms with van der Waals surface area (Å²) in [7, 11) is 3.95. The van der Waals surface area contributed by atoms with E-state index in [1.165, 1.54) is 6.92 Å². The van der Waals surface area contributed by atoms with E-state index in [1.807, 2.05) is 55.4 Å². The first-order valence-electron chi connectivity index (χ1n) is 11.1. The zero-order valence-corrected chi connectivity index (χ0v) is 21.2. The molecular formula is C27H28ClN3O4. The zero-order chi connectivity index (χ0) is 26.1. The van der Waals surface area contributed by atoms with Crippen LogP contribution in [0.5, 0.6) is 0 Å². The van der Waals surface area contributed by atoms with E-state index < -0.39 is 24.3 Å². The molecule has 1 aromatic carbocycles. The van der Waals surface area contributed by atoms with Gasteiger partial charge in [-0.15, -0.1) is 0 Å². The molecule has 7 nitrogen and oxygen atoms in total. The van der Waals surface area contributed by atoms with E-state index in [4.69, 9.17) is 16.7 Å². The average Bonchev–Trinajstić information content (AvgIpc) is 2.77. The van der Waals surface area contributed by atoms with Crippen LogP contribution in [0.25, 0.3) is 6.08 Å². The second-order valence-corrected chi connectivity index (χ2v) is 10.2. The van der Waals surface area contributed by atoms with Gasteiger partial charge in [0.15, 0.2) is 0 Å². The molecule has 2 amide bonds. The van der Waals surface area contributed by atoms with Gasteiger partial charge >= 0.3 is 5.97 Å². The van der Waals surface area contributed by atoms with Crippen LogP contribution in [0, 0.1) is 16.7 Å². The number of rotatable bonds is 5. The molecular weight excluding hydrogens is 466 g/mol. The minimum absolute atomic E-state index is 0.0999. The molecule has 0 saturated carbocycles. The summed E-state index contributed by atoms with van der Waals surface area (Å²) in [5.41, 5.74) is 3.58. The third kappa shape index (κ3) is 5.55. The fraction of sp³-hybridized carbons (Fsp3) is 0.333. The number of amides is 2. The molecule has 1 aromatic rings. The maximum atomic E-state index is 13.1.